The standard InChI is InChI=1S/C29H22N2O11S2.2Na/c1-42-22-9-6-14(13-43(37,38)15-7-8-21(32)18(11-15)29(35)36)10-19(22)31-20-12-23(44(39,40)41)26(30)25-24(20)27(33)16-4-2-3-5-17(16)28(25)34;;/h2-12,31-32H,13,30H2,1H3,(H,35,36)(H,39,40,41);;. The van der Waals surface area contributed by atoms with Crippen molar-refractivity contribution in [2.24, 2.45) is 0 Å². The number of aromatic hydroxyl groups is 1. The maximum Gasteiger partial charge on any atom is 0.339 e. The number of rotatable bonds is 8. The van der Waals surface area contributed by atoms with Crippen LogP contribution in [0, 0.1) is 0 Å². The number of phenols is 1. The van der Waals surface area contributed by atoms with Gasteiger partial charge in [0.2, 0.25) is 0 Å². The van der Waals surface area contributed by atoms with E-state index in [1.807, 2.05) is 0 Å². The Morgan fingerprint density at radius 3 is 2.04 bits per heavy atom. The zero-order valence-electron chi connectivity index (χ0n) is 24.6. The molecule has 0 atom stereocenters. The topological polar surface area (TPSA) is 227 Å². The van der Waals surface area contributed by atoms with Gasteiger partial charge in [0.15, 0.2) is 21.4 Å². The summed E-state index contributed by atoms with van der Waals surface area (Å²) in [6.45, 7) is 0. The number of anilines is 3. The number of carbonyl (C=O) groups is 3. The second-order valence-electron chi connectivity index (χ2n) is 9.67. The van der Waals surface area contributed by atoms with Crippen LogP contribution in [0.25, 0.3) is 0 Å². The van der Waals surface area contributed by atoms with Gasteiger partial charge in [0.1, 0.15) is 22.0 Å². The summed E-state index contributed by atoms with van der Waals surface area (Å²) in [6.07, 6.45) is 0. The molecule has 0 aliphatic heterocycles. The summed E-state index contributed by atoms with van der Waals surface area (Å²) in [5, 5.41) is 21.8. The van der Waals surface area contributed by atoms with Crippen LogP contribution in [0.1, 0.15) is 47.8 Å². The average molecular weight is 685 g/mol. The Hall–Kier alpha value is -3.25. The molecule has 0 heterocycles. The van der Waals surface area contributed by atoms with Crippen LogP contribution in [-0.2, 0) is 25.7 Å². The molecular weight excluding hydrogens is 662 g/mol. The van der Waals surface area contributed by atoms with E-state index in [1.54, 1.807) is 6.07 Å². The van der Waals surface area contributed by atoms with Crippen LogP contribution in [0.2, 0.25) is 0 Å². The summed E-state index contributed by atoms with van der Waals surface area (Å²) in [5.41, 5.74) is 4.07. The first kappa shape index (κ1) is 37.2. The minimum Gasteiger partial charge on any atom is -0.507 e. The van der Waals surface area contributed by atoms with Crippen molar-refractivity contribution in [1.82, 2.24) is 0 Å². The minimum absolute atomic E-state index is 0. The third kappa shape index (κ3) is 6.88. The van der Waals surface area contributed by atoms with Gasteiger partial charge in [-0.1, -0.05) is 30.3 Å². The van der Waals surface area contributed by atoms with E-state index < -0.39 is 70.7 Å². The molecule has 5 rings (SSSR count). The number of ketones is 2. The summed E-state index contributed by atoms with van der Waals surface area (Å²) >= 11 is 0. The van der Waals surface area contributed by atoms with Crippen LogP contribution in [0.15, 0.2) is 76.5 Å². The Bertz CT molecular complexity index is 2150. The molecule has 6 N–H and O–H groups in total. The van der Waals surface area contributed by atoms with E-state index in [4.69, 9.17) is 10.5 Å². The second kappa shape index (κ2) is 13.9. The molecular formula is C29H22N2Na2O11S2. The Labute approximate surface area is 307 Å². The fraction of sp³-hybridized carbons (Fsp3) is 0.0690. The molecule has 0 saturated heterocycles. The number of nitrogen functional groups attached to an aromatic ring is 1. The van der Waals surface area contributed by atoms with Gasteiger partial charge in [0.05, 0.1) is 45.9 Å². The smallest absolute Gasteiger partial charge is 0.339 e. The van der Waals surface area contributed by atoms with E-state index in [2.05, 4.69) is 5.32 Å². The monoisotopic (exact) mass is 684 g/mol. The van der Waals surface area contributed by atoms with Gasteiger partial charge < -0.3 is 26.0 Å². The van der Waals surface area contributed by atoms with Crippen LogP contribution in [0.4, 0.5) is 17.1 Å². The number of benzene rings is 4. The first-order chi connectivity index (χ1) is 20.6. The molecule has 4 aromatic carbocycles. The van der Waals surface area contributed by atoms with Crippen LogP contribution < -0.4 is 15.8 Å². The predicted molar refractivity (Wildman–Crippen MR) is 168 cm³/mol. The molecule has 1 aliphatic rings. The van der Waals surface area contributed by atoms with E-state index in [9.17, 15) is 46.0 Å². The summed E-state index contributed by atoms with van der Waals surface area (Å²) in [6, 6.07) is 13.7. The molecule has 4 aromatic rings. The maximum absolute atomic E-state index is 13.6. The van der Waals surface area contributed by atoms with E-state index in [0.29, 0.717) is 0 Å². The molecule has 228 valence electrons. The molecule has 17 heteroatoms. The number of ether oxygens (including phenoxy) is 1. The van der Waals surface area contributed by atoms with Gasteiger partial charge in [0, 0.05) is 70.2 Å². The number of carboxylic acids is 1. The summed E-state index contributed by atoms with van der Waals surface area (Å²) < 4.78 is 66.1. The zero-order valence-corrected chi connectivity index (χ0v) is 30.2. The Morgan fingerprint density at radius 1 is 0.870 bits per heavy atom. The molecule has 0 spiro atoms. The van der Waals surface area contributed by atoms with Crippen molar-refractivity contribution in [3.63, 3.8) is 0 Å². The number of hydrogen-bond acceptors (Lipinski definition) is 11. The molecule has 0 fully saturated rings. The number of aromatic carboxylic acids is 1. The molecule has 1 aliphatic carbocycles. The quantitative estimate of drug-likeness (QED) is 0.0901. The van der Waals surface area contributed by atoms with E-state index in [0.717, 1.165) is 24.3 Å². The molecule has 0 unspecified atom stereocenters. The van der Waals surface area contributed by atoms with E-state index in [-0.39, 0.29) is 103 Å². The average Bonchev–Trinajstić information content (AvgIpc) is 2.96. The third-order valence-electron chi connectivity index (χ3n) is 6.93. The third-order valence-corrected chi connectivity index (χ3v) is 9.50. The van der Waals surface area contributed by atoms with Gasteiger partial charge in [-0.3, -0.25) is 14.1 Å². The van der Waals surface area contributed by atoms with Crippen molar-refractivity contribution in [3.8, 4) is 11.5 Å². The summed E-state index contributed by atoms with van der Waals surface area (Å²) in [4.78, 5) is 37.2. The number of carboxylic acid groups (broad SMARTS) is 1. The second-order valence-corrected chi connectivity index (χ2v) is 13.0. The normalized spacial score (nSPS) is 12.2. The van der Waals surface area contributed by atoms with Gasteiger partial charge in [-0.15, -0.1) is 0 Å². The van der Waals surface area contributed by atoms with Gasteiger partial charge in [0.25, 0.3) is 10.1 Å². The molecule has 0 bridgehead atoms. The largest absolute Gasteiger partial charge is 0.507 e. The minimum atomic E-state index is -4.99. The van der Waals surface area contributed by atoms with E-state index >= 15 is 0 Å². The first-order valence-corrected chi connectivity index (χ1v) is 15.6. The Kier molecular flexibility index (Phi) is 11.2. The van der Waals surface area contributed by atoms with Crippen LogP contribution in [0.5, 0.6) is 11.5 Å². The van der Waals surface area contributed by atoms with Crippen LogP contribution >= 0.6 is 0 Å². The molecule has 0 amide bonds. The Balaban J connectivity index is 0.00000288. The first-order valence-electron chi connectivity index (χ1n) is 12.5. The molecule has 13 nitrogen and oxygen atoms in total. The number of nitrogens with two attached hydrogens (primary N) is 1. The van der Waals surface area contributed by atoms with Crippen LogP contribution in [-0.4, -0.2) is 115 Å². The molecule has 0 saturated carbocycles. The number of hydrogen-bond donors (Lipinski definition) is 5. The van der Waals surface area contributed by atoms with Crippen molar-refractivity contribution >= 4 is 114 Å². The van der Waals surface area contributed by atoms with Gasteiger partial charge in [-0.05, 0) is 42.0 Å². The number of fused-ring (bicyclic) bond motifs is 2. The maximum atomic E-state index is 13.6. The van der Waals surface area contributed by atoms with Crippen molar-refractivity contribution in [3.05, 3.63) is 100 Å². The van der Waals surface area contributed by atoms with Crippen molar-refractivity contribution in [2.75, 3.05) is 18.2 Å². The fourth-order valence-corrected chi connectivity index (χ4v) is 6.88. The fourth-order valence-electron chi connectivity index (χ4n) is 4.88. The summed E-state index contributed by atoms with van der Waals surface area (Å²) in [7, 11) is -7.85. The zero-order chi connectivity index (χ0) is 32.1. The number of methoxy groups -OCH3 is 1. The predicted octanol–water partition coefficient (Wildman–Crippen LogP) is 2.66. The van der Waals surface area contributed by atoms with Gasteiger partial charge in [-0.25, -0.2) is 13.2 Å². The van der Waals surface area contributed by atoms with Crippen molar-refractivity contribution < 1.29 is 50.7 Å². The SMILES string of the molecule is COc1ccc(CS(=O)(=O)c2ccc(O)c(C(=O)O)c2)cc1Nc1cc(S(=O)(=O)O)c(N)c2c1C(=O)c1ccccc1C2=O.[Na].[Na]. The number of nitrogens with one attached hydrogen (secondary N) is 1. The van der Waals surface area contributed by atoms with E-state index in [1.165, 1.54) is 43.5 Å². The van der Waals surface area contributed by atoms with Gasteiger partial charge in [-0.2, -0.15) is 8.42 Å². The molecule has 0 aromatic heterocycles. The van der Waals surface area contributed by atoms with Crippen LogP contribution in [0.3, 0.4) is 0 Å². The molecule has 2 radical (unpaired) electrons. The van der Waals surface area contributed by atoms with Gasteiger partial charge >= 0.3 is 5.97 Å². The number of carbonyl (C=O) groups excluding carboxylic acids is 2. The number of sulfone groups is 1. The van der Waals surface area contributed by atoms with Crippen molar-refractivity contribution in [2.45, 2.75) is 15.5 Å². The van der Waals surface area contributed by atoms with Crippen molar-refractivity contribution in [1.29, 1.82) is 0 Å². The summed E-state index contributed by atoms with van der Waals surface area (Å²) in [5.74, 6) is -4.07. The molecule has 46 heavy (non-hydrogen) atoms. The Morgan fingerprint density at radius 2 is 1.48 bits per heavy atom.